The van der Waals surface area contributed by atoms with E-state index in [2.05, 4.69) is 10.2 Å². The van der Waals surface area contributed by atoms with E-state index < -0.39 is 0 Å². The van der Waals surface area contributed by atoms with Gasteiger partial charge in [0.2, 0.25) is 5.91 Å². The van der Waals surface area contributed by atoms with Crippen LogP contribution in [0.2, 0.25) is 10.0 Å². The molecule has 140 valence electrons. The molecule has 3 rings (SSSR count). The predicted octanol–water partition coefficient (Wildman–Crippen LogP) is 4.99. The highest BCUT2D eigenvalue weighted by Gasteiger charge is 2.29. The minimum absolute atomic E-state index is 0. The number of hydrogen-bond donors (Lipinski definition) is 2. The number of benzene rings is 2. The van der Waals surface area contributed by atoms with E-state index in [1.165, 1.54) is 0 Å². The van der Waals surface area contributed by atoms with Gasteiger partial charge in [-0.25, -0.2) is 0 Å². The maximum Gasteiger partial charge on any atom is 0.241 e. The summed E-state index contributed by atoms with van der Waals surface area (Å²) in [5.41, 5.74) is 8.31. The smallest absolute Gasteiger partial charge is 0.241 e. The van der Waals surface area contributed by atoms with E-state index >= 15 is 0 Å². The van der Waals surface area contributed by atoms with E-state index in [9.17, 15) is 4.79 Å². The van der Waals surface area contributed by atoms with Crippen LogP contribution >= 0.6 is 35.6 Å². The number of anilines is 2. The summed E-state index contributed by atoms with van der Waals surface area (Å²) in [7, 11) is 0. The third-order valence-corrected chi connectivity index (χ3v) is 4.99. The lowest BCUT2D eigenvalue weighted by atomic mass is 10.00. The zero-order valence-corrected chi connectivity index (χ0v) is 16.6. The van der Waals surface area contributed by atoms with Gasteiger partial charge < -0.3 is 11.1 Å². The zero-order valence-electron chi connectivity index (χ0n) is 14.3. The summed E-state index contributed by atoms with van der Waals surface area (Å²) in [6.45, 7) is 1.60. The molecule has 1 unspecified atom stereocenters. The topological polar surface area (TPSA) is 58.4 Å². The van der Waals surface area contributed by atoms with Crippen LogP contribution in [0.15, 0.2) is 42.5 Å². The van der Waals surface area contributed by atoms with E-state index in [1.54, 1.807) is 18.2 Å². The highest BCUT2D eigenvalue weighted by atomic mass is 35.5. The summed E-state index contributed by atoms with van der Waals surface area (Å²) in [4.78, 5) is 15.0. The summed E-state index contributed by atoms with van der Waals surface area (Å²) in [5.74, 6) is -0.0344. The lowest BCUT2D eigenvalue weighted by Gasteiger charge is -2.34. The van der Waals surface area contributed by atoms with Crippen molar-refractivity contribution in [1.82, 2.24) is 4.90 Å². The number of carbonyl (C=O) groups excluding carboxylic acids is 1. The molecule has 1 amide bonds. The van der Waals surface area contributed by atoms with Crippen molar-refractivity contribution in [1.29, 1.82) is 0 Å². The van der Waals surface area contributed by atoms with Crippen molar-refractivity contribution in [2.24, 2.45) is 0 Å². The Morgan fingerprint density at radius 3 is 2.73 bits per heavy atom. The number of carbonyl (C=O) groups is 1. The molecule has 0 radical (unpaired) electrons. The molecule has 3 N–H and O–H groups in total. The lowest BCUT2D eigenvalue weighted by molar-refractivity contribution is -0.122. The number of nitrogen functional groups attached to an aromatic ring is 1. The monoisotopic (exact) mass is 413 g/mol. The van der Waals surface area contributed by atoms with Crippen LogP contribution in [-0.4, -0.2) is 23.4 Å². The molecule has 1 aliphatic heterocycles. The van der Waals surface area contributed by atoms with Crippen LogP contribution in [0.25, 0.3) is 0 Å². The Morgan fingerprint density at radius 2 is 2.00 bits per heavy atom. The highest BCUT2D eigenvalue weighted by molar-refractivity contribution is 6.36. The fraction of sp³-hybridized carbons (Fsp3) is 0.316. The van der Waals surface area contributed by atoms with Gasteiger partial charge >= 0.3 is 0 Å². The number of amides is 1. The van der Waals surface area contributed by atoms with Crippen LogP contribution in [0.3, 0.4) is 0 Å². The average molecular weight is 415 g/mol. The molecule has 1 aliphatic rings. The Labute approximate surface area is 170 Å². The molecule has 0 aliphatic carbocycles. The van der Waals surface area contributed by atoms with Crippen LogP contribution in [0.5, 0.6) is 0 Å². The summed E-state index contributed by atoms with van der Waals surface area (Å²) in [6.07, 6.45) is 2.97. The van der Waals surface area contributed by atoms with Crippen molar-refractivity contribution < 1.29 is 4.79 Å². The number of halogens is 3. The molecular formula is C19H22Cl3N3O. The Balaban J connectivity index is 0.00000243. The minimum atomic E-state index is -0.179. The molecule has 1 atom stereocenters. The van der Waals surface area contributed by atoms with Gasteiger partial charge in [0.05, 0.1) is 16.8 Å². The molecule has 0 saturated carbocycles. The summed E-state index contributed by atoms with van der Waals surface area (Å²) >= 11 is 12.1. The number of hydrogen-bond acceptors (Lipinski definition) is 3. The van der Waals surface area contributed by atoms with E-state index in [4.69, 9.17) is 28.9 Å². The van der Waals surface area contributed by atoms with Crippen LogP contribution in [0.4, 0.5) is 11.4 Å². The van der Waals surface area contributed by atoms with Gasteiger partial charge in [-0.05, 0) is 55.3 Å². The van der Waals surface area contributed by atoms with Crippen LogP contribution in [0, 0.1) is 0 Å². The standard InChI is InChI=1S/C19H21Cl2N3O.ClH/c20-14-7-8-17(16(21)11-14)23-19(25)18-6-1-2-9-24(18)12-13-4-3-5-15(22)10-13;/h3-5,7-8,10-11,18H,1-2,6,9,12,22H2,(H,23,25);1H. The van der Waals surface area contributed by atoms with Gasteiger partial charge in [-0.2, -0.15) is 0 Å². The molecule has 1 fully saturated rings. The lowest BCUT2D eigenvalue weighted by Crippen LogP contribution is -2.46. The Morgan fingerprint density at radius 1 is 1.19 bits per heavy atom. The van der Waals surface area contributed by atoms with Crippen LogP contribution in [0.1, 0.15) is 24.8 Å². The summed E-state index contributed by atoms with van der Waals surface area (Å²) in [5, 5.41) is 3.93. The first-order chi connectivity index (χ1) is 12.0. The molecule has 0 spiro atoms. The SMILES string of the molecule is Cl.Nc1cccc(CN2CCCCC2C(=O)Nc2ccc(Cl)cc2Cl)c1. The highest BCUT2D eigenvalue weighted by Crippen LogP contribution is 2.27. The fourth-order valence-electron chi connectivity index (χ4n) is 3.21. The average Bonchev–Trinajstić information content (AvgIpc) is 2.58. The first-order valence-corrected chi connectivity index (χ1v) is 9.13. The number of nitrogens with zero attached hydrogens (tertiary/aromatic N) is 1. The molecule has 1 heterocycles. The maximum absolute atomic E-state index is 12.8. The second kappa shape index (κ2) is 9.47. The number of likely N-dealkylation sites (tertiary alicyclic amines) is 1. The van der Waals surface area contributed by atoms with E-state index in [0.717, 1.165) is 37.1 Å². The first-order valence-electron chi connectivity index (χ1n) is 8.37. The van der Waals surface area contributed by atoms with Gasteiger partial charge in [-0.15, -0.1) is 12.4 Å². The fourth-order valence-corrected chi connectivity index (χ4v) is 3.67. The molecule has 7 heteroatoms. The largest absolute Gasteiger partial charge is 0.399 e. The van der Waals surface area contributed by atoms with Crippen LogP contribution in [-0.2, 0) is 11.3 Å². The van der Waals surface area contributed by atoms with Gasteiger partial charge in [0.15, 0.2) is 0 Å². The maximum atomic E-state index is 12.8. The molecule has 2 aromatic carbocycles. The van der Waals surface area contributed by atoms with Gasteiger partial charge in [-0.3, -0.25) is 9.69 Å². The van der Waals surface area contributed by atoms with Gasteiger partial charge in [0.1, 0.15) is 0 Å². The van der Waals surface area contributed by atoms with Crippen molar-refractivity contribution in [3.8, 4) is 0 Å². The number of nitrogens with one attached hydrogen (secondary N) is 1. The van der Waals surface area contributed by atoms with Crippen molar-refractivity contribution in [3.05, 3.63) is 58.1 Å². The van der Waals surface area contributed by atoms with E-state index in [1.807, 2.05) is 24.3 Å². The molecule has 1 saturated heterocycles. The molecular weight excluding hydrogens is 393 g/mol. The molecule has 2 aromatic rings. The Hall–Kier alpha value is -1.46. The second-order valence-corrected chi connectivity index (χ2v) is 7.18. The van der Waals surface area contributed by atoms with Crippen LogP contribution < -0.4 is 11.1 Å². The van der Waals surface area contributed by atoms with Crippen molar-refractivity contribution in [2.75, 3.05) is 17.6 Å². The quantitative estimate of drug-likeness (QED) is 0.693. The van der Waals surface area contributed by atoms with Crippen molar-refractivity contribution in [3.63, 3.8) is 0 Å². The molecule has 0 bridgehead atoms. The van der Waals surface area contributed by atoms with E-state index in [0.29, 0.717) is 22.3 Å². The Bertz CT molecular complexity index is 769. The second-order valence-electron chi connectivity index (χ2n) is 6.34. The Kier molecular flexibility index (Phi) is 7.59. The van der Waals surface area contributed by atoms with E-state index in [-0.39, 0.29) is 24.4 Å². The molecule has 0 aromatic heterocycles. The normalized spacial score (nSPS) is 17.4. The molecule has 4 nitrogen and oxygen atoms in total. The summed E-state index contributed by atoms with van der Waals surface area (Å²) < 4.78 is 0. The first kappa shape index (κ1) is 20.8. The van der Waals surface area contributed by atoms with Crippen molar-refractivity contribution in [2.45, 2.75) is 31.8 Å². The molecule has 26 heavy (non-hydrogen) atoms. The number of nitrogens with two attached hydrogens (primary N) is 1. The summed E-state index contributed by atoms with van der Waals surface area (Å²) in [6, 6.07) is 12.7. The third-order valence-electron chi connectivity index (χ3n) is 4.44. The zero-order chi connectivity index (χ0) is 17.8. The third kappa shape index (κ3) is 5.27. The van der Waals surface area contributed by atoms with Gasteiger partial charge in [0, 0.05) is 17.3 Å². The number of rotatable bonds is 4. The number of piperidine rings is 1. The van der Waals surface area contributed by atoms with Gasteiger partial charge in [-0.1, -0.05) is 41.8 Å². The minimum Gasteiger partial charge on any atom is -0.399 e. The predicted molar refractivity (Wildman–Crippen MR) is 111 cm³/mol. The van der Waals surface area contributed by atoms with Gasteiger partial charge in [0.25, 0.3) is 0 Å². The van der Waals surface area contributed by atoms with Crippen molar-refractivity contribution >= 4 is 52.9 Å².